The van der Waals surface area contributed by atoms with Crippen LogP contribution in [-0.4, -0.2) is 67.5 Å². The highest BCUT2D eigenvalue weighted by molar-refractivity contribution is 5.43. The van der Waals surface area contributed by atoms with Crippen molar-refractivity contribution in [1.82, 2.24) is 9.80 Å². The van der Waals surface area contributed by atoms with Crippen LogP contribution in [0.25, 0.3) is 0 Å². The minimum Gasteiger partial charge on any atom is -0.493 e. The van der Waals surface area contributed by atoms with Gasteiger partial charge in [0.1, 0.15) is 12.7 Å². The maximum Gasteiger partial charge on any atom is 0.161 e. The number of rotatable bonds is 8. The van der Waals surface area contributed by atoms with Gasteiger partial charge in [0.05, 0.1) is 7.11 Å². The molecule has 5 heteroatoms. The van der Waals surface area contributed by atoms with Crippen molar-refractivity contribution in [3.8, 4) is 11.5 Å². The summed E-state index contributed by atoms with van der Waals surface area (Å²) in [4.78, 5) is 4.85. The van der Waals surface area contributed by atoms with Gasteiger partial charge in [-0.1, -0.05) is 19.4 Å². The SMILES string of the molecule is COc1ccc(CN2CCC(C)CC2)cc1OC[C@@H](O)CN1CCCCC1. The lowest BCUT2D eigenvalue weighted by Gasteiger charge is -2.30. The van der Waals surface area contributed by atoms with Crippen molar-refractivity contribution in [2.45, 2.75) is 51.7 Å². The number of aliphatic hydroxyl groups is 1. The fourth-order valence-electron chi connectivity index (χ4n) is 4.09. The number of β-amino-alcohol motifs (C(OH)–C–C–N with tert-alkyl or cyclic N) is 1. The first-order valence-electron chi connectivity index (χ1n) is 10.6. The lowest BCUT2D eigenvalue weighted by Crippen LogP contribution is -2.38. The van der Waals surface area contributed by atoms with Gasteiger partial charge in [-0.05, 0) is 75.5 Å². The van der Waals surface area contributed by atoms with Crippen molar-refractivity contribution in [1.29, 1.82) is 0 Å². The fourth-order valence-corrected chi connectivity index (χ4v) is 4.09. The zero-order valence-corrected chi connectivity index (χ0v) is 17.0. The van der Waals surface area contributed by atoms with E-state index < -0.39 is 6.10 Å². The molecule has 0 amide bonds. The van der Waals surface area contributed by atoms with Gasteiger partial charge >= 0.3 is 0 Å². The van der Waals surface area contributed by atoms with E-state index in [9.17, 15) is 5.11 Å². The number of piperidine rings is 2. The third kappa shape index (κ3) is 6.37. The zero-order valence-electron chi connectivity index (χ0n) is 17.0. The van der Waals surface area contributed by atoms with Crippen molar-refractivity contribution in [3.63, 3.8) is 0 Å². The summed E-state index contributed by atoms with van der Waals surface area (Å²) in [6.45, 7) is 8.78. The molecule has 1 aromatic carbocycles. The van der Waals surface area contributed by atoms with Crippen LogP contribution in [0.15, 0.2) is 18.2 Å². The molecule has 0 bridgehead atoms. The van der Waals surface area contributed by atoms with Gasteiger partial charge in [0, 0.05) is 13.1 Å². The van der Waals surface area contributed by atoms with E-state index in [4.69, 9.17) is 9.47 Å². The average Bonchev–Trinajstić information content (AvgIpc) is 2.69. The highest BCUT2D eigenvalue weighted by atomic mass is 16.5. The molecule has 0 radical (unpaired) electrons. The summed E-state index contributed by atoms with van der Waals surface area (Å²) in [6, 6.07) is 6.17. The number of hydrogen-bond acceptors (Lipinski definition) is 5. The standard InChI is InChI=1S/C22H36N2O3/c1-18-8-12-24(13-9-18)15-19-6-7-21(26-2)22(14-19)27-17-20(25)16-23-10-4-3-5-11-23/h6-7,14,18,20,25H,3-5,8-13,15-17H2,1-2H3/t20-/m0/s1. The molecule has 0 aliphatic carbocycles. The number of nitrogens with zero attached hydrogens (tertiary/aromatic N) is 2. The third-order valence-electron chi connectivity index (χ3n) is 5.86. The van der Waals surface area contributed by atoms with Gasteiger partial charge in [-0.25, -0.2) is 0 Å². The Morgan fingerprint density at radius 2 is 1.78 bits per heavy atom. The molecule has 0 saturated carbocycles. The molecule has 152 valence electrons. The highest BCUT2D eigenvalue weighted by Crippen LogP contribution is 2.29. The molecule has 2 saturated heterocycles. The number of likely N-dealkylation sites (tertiary alicyclic amines) is 2. The molecule has 5 nitrogen and oxygen atoms in total. The van der Waals surface area contributed by atoms with Gasteiger partial charge < -0.3 is 19.5 Å². The van der Waals surface area contributed by atoms with E-state index in [2.05, 4.69) is 28.9 Å². The van der Waals surface area contributed by atoms with Crippen LogP contribution < -0.4 is 9.47 Å². The Balaban J connectivity index is 1.53. The van der Waals surface area contributed by atoms with E-state index in [0.29, 0.717) is 13.2 Å². The van der Waals surface area contributed by atoms with Gasteiger partial charge in [0.2, 0.25) is 0 Å². The monoisotopic (exact) mass is 376 g/mol. The molecule has 27 heavy (non-hydrogen) atoms. The third-order valence-corrected chi connectivity index (χ3v) is 5.86. The molecule has 3 rings (SSSR count). The molecule has 2 aliphatic heterocycles. The van der Waals surface area contributed by atoms with Crippen molar-refractivity contribution in [2.75, 3.05) is 46.4 Å². The summed E-state index contributed by atoms with van der Waals surface area (Å²) in [7, 11) is 1.66. The molecule has 1 atom stereocenters. The number of methoxy groups -OCH3 is 1. The van der Waals surface area contributed by atoms with E-state index in [1.165, 1.54) is 37.7 Å². The fraction of sp³-hybridized carbons (Fsp3) is 0.727. The largest absolute Gasteiger partial charge is 0.493 e. The molecular formula is C22H36N2O3. The number of benzene rings is 1. The summed E-state index contributed by atoms with van der Waals surface area (Å²) >= 11 is 0. The Hall–Kier alpha value is -1.30. The van der Waals surface area contributed by atoms with Crippen LogP contribution in [0.3, 0.4) is 0 Å². The average molecular weight is 377 g/mol. The number of hydrogen-bond donors (Lipinski definition) is 1. The Kier molecular flexibility index (Phi) is 7.80. The lowest BCUT2D eigenvalue weighted by molar-refractivity contribution is 0.0608. The van der Waals surface area contributed by atoms with Crippen LogP contribution in [0.4, 0.5) is 0 Å². The first-order chi connectivity index (χ1) is 13.1. The van der Waals surface area contributed by atoms with Crippen LogP contribution in [0.1, 0.15) is 44.6 Å². The van der Waals surface area contributed by atoms with Crippen molar-refractivity contribution in [2.24, 2.45) is 5.92 Å². The molecule has 0 aromatic heterocycles. The predicted octanol–water partition coefficient (Wildman–Crippen LogP) is 3.15. The minimum atomic E-state index is -0.472. The zero-order chi connectivity index (χ0) is 19.1. The van der Waals surface area contributed by atoms with Crippen LogP contribution >= 0.6 is 0 Å². The molecular weight excluding hydrogens is 340 g/mol. The molecule has 1 N–H and O–H groups in total. The maximum atomic E-state index is 10.4. The Labute approximate surface area is 164 Å². The van der Waals surface area contributed by atoms with Crippen LogP contribution in [0, 0.1) is 5.92 Å². The number of ether oxygens (including phenoxy) is 2. The van der Waals surface area contributed by atoms with E-state index in [0.717, 1.165) is 50.1 Å². The van der Waals surface area contributed by atoms with Crippen molar-refractivity contribution < 1.29 is 14.6 Å². The summed E-state index contributed by atoms with van der Waals surface area (Å²) in [5.41, 5.74) is 1.24. The van der Waals surface area contributed by atoms with Crippen LogP contribution in [0.2, 0.25) is 0 Å². The van der Waals surface area contributed by atoms with Gasteiger partial charge in [0.15, 0.2) is 11.5 Å². The topological polar surface area (TPSA) is 45.2 Å². The van der Waals surface area contributed by atoms with E-state index in [-0.39, 0.29) is 0 Å². The van der Waals surface area contributed by atoms with Crippen molar-refractivity contribution in [3.05, 3.63) is 23.8 Å². The predicted molar refractivity (Wildman–Crippen MR) is 108 cm³/mol. The van der Waals surface area contributed by atoms with Crippen LogP contribution in [0.5, 0.6) is 11.5 Å². The Bertz CT molecular complexity index is 567. The van der Waals surface area contributed by atoms with E-state index in [1.807, 2.05) is 6.07 Å². The number of aliphatic hydroxyl groups excluding tert-OH is 1. The first-order valence-corrected chi connectivity index (χ1v) is 10.6. The quantitative estimate of drug-likeness (QED) is 0.755. The lowest BCUT2D eigenvalue weighted by atomic mass is 9.99. The summed E-state index contributed by atoms with van der Waals surface area (Å²) < 4.78 is 11.4. The van der Waals surface area contributed by atoms with Crippen molar-refractivity contribution >= 4 is 0 Å². The molecule has 0 unspecified atom stereocenters. The highest BCUT2D eigenvalue weighted by Gasteiger charge is 2.18. The maximum absolute atomic E-state index is 10.4. The van der Waals surface area contributed by atoms with Gasteiger partial charge in [0.25, 0.3) is 0 Å². The normalized spacial score (nSPS) is 21.1. The summed E-state index contributed by atoms with van der Waals surface area (Å²) in [5, 5.41) is 10.4. The summed E-state index contributed by atoms with van der Waals surface area (Å²) in [5.74, 6) is 2.31. The van der Waals surface area contributed by atoms with Crippen LogP contribution in [-0.2, 0) is 6.54 Å². The van der Waals surface area contributed by atoms with E-state index in [1.54, 1.807) is 7.11 Å². The molecule has 2 fully saturated rings. The molecule has 2 heterocycles. The smallest absolute Gasteiger partial charge is 0.161 e. The van der Waals surface area contributed by atoms with Gasteiger partial charge in [-0.15, -0.1) is 0 Å². The second-order valence-corrected chi connectivity index (χ2v) is 8.27. The van der Waals surface area contributed by atoms with Gasteiger partial charge in [-0.2, -0.15) is 0 Å². The second kappa shape index (κ2) is 10.3. The Morgan fingerprint density at radius 3 is 2.48 bits per heavy atom. The van der Waals surface area contributed by atoms with Gasteiger partial charge in [-0.3, -0.25) is 4.90 Å². The van der Waals surface area contributed by atoms with E-state index >= 15 is 0 Å². The first kappa shape index (κ1) is 20.4. The second-order valence-electron chi connectivity index (χ2n) is 8.27. The minimum absolute atomic E-state index is 0.303. The molecule has 2 aliphatic rings. The Morgan fingerprint density at radius 1 is 1.04 bits per heavy atom. The summed E-state index contributed by atoms with van der Waals surface area (Å²) in [6.07, 6.45) is 5.87. The molecule has 0 spiro atoms. The molecule has 1 aromatic rings.